The van der Waals surface area contributed by atoms with Crippen molar-refractivity contribution in [2.75, 3.05) is 6.54 Å². The van der Waals surface area contributed by atoms with E-state index in [2.05, 4.69) is 9.82 Å². The van der Waals surface area contributed by atoms with Gasteiger partial charge < -0.3 is 0 Å². The lowest BCUT2D eigenvalue weighted by Crippen LogP contribution is -2.32. The SMILES string of the molecule is O=c1ccc(-c2ccc(F)cc2)nn1CCNS(=O)(=O)c1ccc([N+](=O)[O-])cc1. The van der Waals surface area contributed by atoms with Crippen molar-refractivity contribution < 1.29 is 17.7 Å². The van der Waals surface area contributed by atoms with Crippen LogP contribution in [0.15, 0.2) is 70.4 Å². The number of nitro groups is 1. The molecule has 11 heteroatoms. The smallest absolute Gasteiger partial charge is 0.268 e. The van der Waals surface area contributed by atoms with Crippen molar-refractivity contribution in [1.82, 2.24) is 14.5 Å². The van der Waals surface area contributed by atoms with Crippen LogP contribution in [0.1, 0.15) is 0 Å². The zero-order chi connectivity index (χ0) is 21.0. The van der Waals surface area contributed by atoms with E-state index in [1.54, 1.807) is 0 Å². The van der Waals surface area contributed by atoms with Crippen molar-refractivity contribution in [1.29, 1.82) is 0 Å². The molecule has 0 saturated carbocycles. The molecule has 0 atom stereocenters. The summed E-state index contributed by atoms with van der Waals surface area (Å²) in [5, 5.41) is 14.8. The Morgan fingerprint density at radius 3 is 2.31 bits per heavy atom. The molecule has 2 aromatic carbocycles. The van der Waals surface area contributed by atoms with Gasteiger partial charge in [0.15, 0.2) is 0 Å². The van der Waals surface area contributed by atoms with Crippen LogP contribution >= 0.6 is 0 Å². The van der Waals surface area contributed by atoms with Gasteiger partial charge >= 0.3 is 0 Å². The molecule has 3 aromatic rings. The maximum Gasteiger partial charge on any atom is 0.269 e. The van der Waals surface area contributed by atoms with E-state index in [0.717, 1.165) is 28.9 Å². The molecule has 3 rings (SSSR count). The molecule has 0 spiro atoms. The molecule has 150 valence electrons. The van der Waals surface area contributed by atoms with Crippen LogP contribution in [-0.4, -0.2) is 29.7 Å². The fourth-order valence-corrected chi connectivity index (χ4v) is 3.52. The van der Waals surface area contributed by atoms with Crippen LogP contribution in [0.25, 0.3) is 11.3 Å². The molecule has 0 fully saturated rings. The van der Waals surface area contributed by atoms with E-state index in [1.165, 1.54) is 36.4 Å². The van der Waals surface area contributed by atoms with E-state index >= 15 is 0 Å². The Morgan fingerprint density at radius 1 is 1.03 bits per heavy atom. The lowest BCUT2D eigenvalue weighted by atomic mass is 10.1. The molecule has 1 N–H and O–H groups in total. The van der Waals surface area contributed by atoms with Crippen molar-refractivity contribution >= 4 is 15.7 Å². The molecule has 0 amide bonds. The summed E-state index contributed by atoms with van der Waals surface area (Å²) in [6.07, 6.45) is 0. The van der Waals surface area contributed by atoms with Crippen molar-refractivity contribution in [3.05, 3.63) is 86.9 Å². The minimum atomic E-state index is -3.91. The Balaban J connectivity index is 1.71. The molecule has 0 aliphatic carbocycles. The van der Waals surface area contributed by atoms with Gasteiger partial charge in [-0.3, -0.25) is 14.9 Å². The van der Waals surface area contributed by atoms with Gasteiger partial charge in [-0.15, -0.1) is 0 Å². The first-order chi connectivity index (χ1) is 13.8. The fraction of sp³-hybridized carbons (Fsp3) is 0.111. The normalized spacial score (nSPS) is 11.3. The van der Waals surface area contributed by atoms with Crippen LogP contribution in [0, 0.1) is 15.9 Å². The molecule has 9 nitrogen and oxygen atoms in total. The summed E-state index contributed by atoms with van der Waals surface area (Å²) in [4.78, 5) is 21.9. The lowest BCUT2D eigenvalue weighted by molar-refractivity contribution is -0.384. The van der Waals surface area contributed by atoms with Gasteiger partial charge in [-0.25, -0.2) is 22.2 Å². The quantitative estimate of drug-likeness (QED) is 0.462. The average Bonchev–Trinajstić information content (AvgIpc) is 2.70. The predicted molar refractivity (Wildman–Crippen MR) is 102 cm³/mol. The third kappa shape index (κ3) is 4.89. The number of hydrogen-bond acceptors (Lipinski definition) is 6. The third-order valence-electron chi connectivity index (χ3n) is 3.98. The number of aromatic nitrogens is 2. The third-order valence-corrected chi connectivity index (χ3v) is 5.46. The molecule has 0 aliphatic heterocycles. The summed E-state index contributed by atoms with van der Waals surface area (Å²) in [5.41, 5.74) is 0.386. The van der Waals surface area contributed by atoms with Gasteiger partial charge in [0.05, 0.1) is 22.1 Å². The first-order valence-corrected chi connectivity index (χ1v) is 9.83. The van der Waals surface area contributed by atoms with E-state index in [0.29, 0.717) is 11.3 Å². The Morgan fingerprint density at radius 2 is 1.69 bits per heavy atom. The second-order valence-corrected chi connectivity index (χ2v) is 7.70. The number of sulfonamides is 1. The molecule has 1 aromatic heterocycles. The molecule has 0 bridgehead atoms. The van der Waals surface area contributed by atoms with E-state index in [4.69, 9.17) is 0 Å². The average molecular weight is 418 g/mol. The van der Waals surface area contributed by atoms with Gasteiger partial charge in [-0.1, -0.05) is 0 Å². The minimum Gasteiger partial charge on any atom is -0.268 e. The van der Waals surface area contributed by atoms with Gasteiger partial charge in [0.25, 0.3) is 11.2 Å². The highest BCUT2D eigenvalue weighted by atomic mass is 32.2. The molecule has 0 radical (unpaired) electrons. The van der Waals surface area contributed by atoms with Gasteiger partial charge in [-0.2, -0.15) is 5.10 Å². The number of benzene rings is 2. The number of nitro benzene ring substituents is 1. The molecule has 0 unspecified atom stereocenters. The van der Waals surface area contributed by atoms with E-state index in [1.807, 2.05) is 0 Å². The summed E-state index contributed by atoms with van der Waals surface area (Å²) in [6.45, 7) is -0.167. The number of halogens is 1. The number of rotatable bonds is 7. The highest BCUT2D eigenvalue weighted by molar-refractivity contribution is 7.89. The maximum absolute atomic E-state index is 13.1. The molecular formula is C18H15FN4O5S. The Bertz CT molecular complexity index is 1190. The second-order valence-electron chi connectivity index (χ2n) is 5.94. The number of nitrogens with one attached hydrogen (secondary N) is 1. The Labute approximate surface area is 164 Å². The molecule has 0 saturated heterocycles. The Hall–Kier alpha value is -3.44. The zero-order valence-electron chi connectivity index (χ0n) is 14.9. The topological polar surface area (TPSA) is 124 Å². The summed E-state index contributed by atoms with van der Waals surface area (Å²) in [6, 6.07) is 12.8. The van der Waals surface area contributed by atoms with Crippen LogP contribution in [0.3, 0.4) is 0 Å². The van der Waals surface area contributed by atoms with Gasteiger partial charge in [0.2, 0.25) is 10.0 Å². The highest BCUT2D eigenvalue weighted by Crippen LogP contribution is 2.16. The number of non-ortho nitro benzene ring substituents is 1. The first kappa shape index (κ1) is 20.3. The van der Waals surface area contributed by atoms with Crippen molar-refractivity contribution in [3.8, 4) is 11.3 Å². The maximum atomic E-state index is 13.1. The summed E-state index contributed by atoms with van der Waals surface area (Å²) in [7, 11) is -3.91. The number of hydrogen-bond donors (Lipinski definition) is 1. The van der Waals surface area contributed by atoms with Gasteiger partial charge in [0, 0.05) is 30.3 Å². The van der Waals surface area contributed by atoms with Crippen molar-refractivity contribution in [3.63, 3.8) is 0 Å². The summed E-state index contributed by atoms with van der Waals surface area (Å²) >= 11 is 0. The van der Waals surface area contributed by atoms with Crippen LogP contribution in [0.4, 0.5) is 10.1 Å². The van der Waals surface area contributed by atoms with E-state index in [9.17, 15) is 27.7 Å². The minimum absolute atomic E-state index is 0.0416. The zero-order valence-corrected chi connectivity index (χ0v) is 15.7. The molecule has 1 heterocycles. The van der Waals surface area contributed by atoms with E-state index < -0.39 is 26.3 Å². The van der Waals surface area contributed by atoms with E-state index in [-0.39, 0.29) is 23.7 Å². The number of nitrogens with zero attached hydrogens (tertiary/aromatic N) is 3. The highest BCUT2D eigenvalue weighted by Gasteiger charge is 2.15. The summed E-state index contributed by atoms with van der Waals surface area (Å²) in [5.74, 6) is -0.400. The first-order valence-electron chi connectivity index (χ1n) is 8.34. The van der Waals surface area contributed by atoms with Crippen LogP contribution in [-0.2, 0) is 16.6 Å². The fourth-order valence-electron chi connectivity index (χ4n) is 2.50. The molecular weight excluding hydrogens is 403 g/mol. The largest absolute Gasteiger partial charge is 0.269 e. The van der Waals surface area contributed by atoms with Crippen molar-refractivity contribution in [2.24, 2.45) is 0 Å². The van der Waals surface area contributed by atoms with Crippen molar-refractivity contribution in [2.45, 2.75) is 11.4 Å². The molecule has 29 heavy (non-hydrogen) atoms. The monoisotopic (exact) mass is 418 g/mol. The predicted octanol–water partition coefficient (Wildman–Crippen LogP) is 1.94. The molecule has 0 aliphatic rings. The standard InChI is InChI=1S/C18H15FN4O5S/c19-14-3-1-13(2-4-14)17-9-10-18(24)22(21-17)12-11-20-29(27,28)16-7-5-15(6-8-16)23(25)26/h1-10,20H,11-12H2. The van der Waals surface area contributed by atoms with Crippen LogP contribution in [0.2, 0.25) is 0 Å². The van der Waals surface area contributed by atoms with Gasteiger partial charge in [-0.05, 0) is 42.5 Å². The van der Waals surface area contributed by atoms with Gasteiger partial charge in [0.1, 0.15) is 5.82 Å². The second kappa shape index (κ2) is 8.29. The van der Waals surface area contributed by atoms with Crippen LogP contribution in [0.5, 0.6) is 0 Å². The lowest BCUT2D eigenvalue weighted by Gasteiger charge is -2.09. The van der Waals surface area contributed by atoms with Crippen LogP contribution < -0.4 is 10.3 Å². The summed E-state index contributed by atoms with van der Waals surface area (Å²) < 4.78 is 41.0. The Kier molecular flexibility index (Phi) is 5.80.